The zero-order chi connectivity index (χ0) is 9.69. The van der Waals surface area contributed by atoms with Gasteiger partial charge in [-0.05, 0) is 36.5 Å². The topological polar surface area (TPSA) is 20.2 Å². The molecule has 0 amide bonds. The Labute approximate surface area is 81.5 Å². The highest BCUT2D eigenvalue weighted by molar-refractivity contribution is 5.00. The lowest BCUT2D eigenvalue weighted by Crippen LogP contribution is -2.32. The van der Waals surface area contributed by atoms with E-state index in [1.807, 2.05) is 0 Å². The highest BCUT2D eigenvalue weighted by atomic mass is 16.3. The third-order valence-electron chi connectivity index (χ3n) is 3.90. The van der Waals surface area contributed by atoms with Gasteiger partial charge in [0.05, 0.1) is 5.60 Å². The molecule has 0 aromatic heterocycles. The molecule has 0 aliphatic heterocycles. The van der Waals surface area contributed by atoms with Gasteiger partial charge in [-0.3, -0.25) is 0 Å². The summed E-state index contributed by atoms with van der Waals surface area (Å²) in [6.07, 6.45) is 5.98. The molecule has 76 valence electrons. The van der Waals surface area contributed by atoms with E-state index in [0.717, 1.165) is 18.8 Å². The molecule has 0 bridgehead atoms. The van der Waals surface area contributed by atoms with E-state index in [-0.39, 0.29) is 5.60 Å². The quantitative estimate of drug-likeness (QED) is 0.696. The summed E-state index contributed by atoms with van der Waals surface area (Å²) in [6, 6.07) is 0. The highest BCUT2D eigenvalue weighted by Crippen LogP contribution is 2.52. The number of aliphatic hydroxyl groups is 1. The maximum absolute atomic E-state index is 10.5. The summed E-state index contributed by atoms with van der Waals surface area (Å²) in [5, 5.41) is 10.5. The van der Waals surface area contributed by atoms with E-state index in [0.29, 0.717) is 11.3 Å². The maximum Gasteiger partial charge on any atom is 0.0681 e. The van der Waals surface area contributed by atoms with Crippen molar-refractivity contribution in [2.45, 2.75) is 58.5 Å². The van der Waals surface area contributed by atoms with Gasteiger partial charge in [0.2, 0.25) is 0 Å². The maximum atomic E-state index is 10.5. The van der Waals surface area contributed by atoms with Gasteiger partial charge in [0.1, 0.15) is 0 Å². The zero-order valence-electron chi connectivity index (χ0n) is 9.14. The van der Waals surface area contributed by atoms with E-state index in [4.69, 9.17) is 0 Å². The highest BCUT2D eigenvalue weighted by Gasteiger charge is 2.49. The molecule has 2 rings (SSSR count). The van der Waals surface area contributed by atoms with Crippen molar-refractivity contribution in [1.82, 2.24) is 0 Å². The molecule has 0 saturated heterocycles. The minimum atomic E-state index is -0.329. The van der Waals surface area contributed by atoms with Gasteiger partial charge in [-0.15, -0.1) is 0 Å². The van der Waals surface area contributed by atoms with Crippen molar-refractivity contribution in [1.29, 1.82) is 0 Å². The largest absolute Gasteiger partial charge is 0.390 e. The number of rotatable bonds is 2. The molecule has 2 aliphatic rings. The summed E-state index contributed by atoms with van der Waals surface area (Å²) in [5.74, 6) is 1.35. The fourth-order valence-corrected chi connectivity index (χ4v) is 3.19. The Morgan fingerprint density at radius 1 is 1.31 bits per heavy atom. The first-order valence-corrected chi connectivity index (χ1v) is 5.64. The predicted octanol–water partition coefficient (Wildman–Crippen LogP) is 2.97. The smallest absolute Gasteiger partial charge is 0.0681 e. The molecular formula is C12H22O. The molecule has 1 nitrogen and oxygen atoms in total. The normalized spacial score (nSPS) is 43.8. The van der Waals surface area contributed by atoms with Crippen LogP contribution >= 0.6 is 0 Å². The molecule has 2 saturated carbocycles. The molecule has 2 fully saturated rings. The van der Waals surface area contributed by atoms with Gasteiger partial charge < -0.3 is 5.11 Å². The fourth-order valence-electron chi connectivity index (χ4n) is 3.19. The molecule has 2 atom stereocenters. The lowest BCUT2D eigenvalue weighted by Gasteiger charge is -2.28. The van der Waals surface area contributed by atoms with Crippen molar-refractivity contribution in [2.24, 2.45) is 17.3 Å². The first kappa shape index (κ1) is 9.51. The van der Waals surface area contributed by atoms with Crippen molar-refractivity contribution >= 4 is 0 Å². The van der Waals surface area contributed by atoms with Gasteiger partial charge in [-0.1, -0.05) is 33.6 Å². The van der Waals surface area contributed by atoms with E-state index >= 15 is 0 Å². The van der Waals surface area contributed by atoms with Crippen LogP contribution in [-0.4, -0.2) is 10.7 Å². The van der Waals surface area contributed by atoms with Crippen LogP contribution in [0.5, 0.6) is 0 Å². The zero-order valence-corrected chi connectivity index (χ0v) is 9.14. The van der Waals surface area contributed by atoms with Crippen LogP contribution < -0.4 is 0 Å². The summed E-state index contributed by atoms with van der Waals surface area (Å²) < 4.78 is 0. The van der Waals surface area contributed by atoms with Crippen LogP contribution in [0.1, 0.15) is 52.9 Å². The predicted molar refractivity (Wildman–Crippen MR) is 54.5 cm³/mol. The molecule has 2 unspecified atom stereocenters. The SMILES string of the molecule is CC1CC(C)(C)CC1(O)CC1CC1. The Hall–Kier alpha value is -0.0400. The average molecular weight is 182 g/mol. The van der Waals surface area contributed by atoms with E-state index in [2.05, 4.69) is 20.8 Å². The lowest BCUT2D eigenvalue weighted by atomic mass is 9.85. The van der Waals surface area contributed by atoms with Gasteiger partial charge in [0.25, 0.3) is 0 Å². The van der Waals surface area contributed by atoms with Gasteiger partial charge in [-0.25, -0.2) is 0 Å². The third kappa shape index (κ3) is 1.90. The molecule has 0 spiro atoms. The second-order valence-electron chi connectivity index (χ2n) is 6.20. The van der Waals surface area contributed by atoms with Crippen LogP contribution in [0.2, 0.25) is 0 Å². The first-order valence-electron chi connectivity index (χ1n) is 5.64. The van der Waals surface area contributed by atoms with Crippen LogP contribution in [0, 0.1) is 17.3 Å². The van der Waals surface area contributed by atoms with Crippen LogP contribution in [-0.2, 0) is 0 Å². The van der Waals surface area contributed by atoms with Gasteiger partial charge in [0.15, 0.2) is 0 Å². The molecule has 1 N–H and O–H groups in total. The standard InChI is InChI=1S/C12H22O/c1-9-6-11(2,3)8-12(9,13)7-10-4-5-10/h9-10,13H,4-8H2,1-3H3. The van der Waals surface area contributed by atoms with E-state index < -0.39 is 0 Å². The van der Waals surface area contributed by atoms with Crippen molar-refractivity contribution < 1.29 is 5.11 Å². The fraction of sp³-hybridized carbons (Fsp3) is 1.00. The minimum Gasteiger partial charge on any atom is -0.390 e. The summed E-state index contributed by atoms with van der Waals surface area (Å²) in [6.45, 7) is 6.79. The molecule has 0 aromatic carbocycles. The van der Waals surface area contributed by atoms with Crippen LogP contribution in [0.15, 0.2) is 0 Å². The van der Waals surface area contributed by atoms with Gasteiger partial charge in [-0.2, -0.15) is 0 Å². The lowest BCUT2D eigenvalue weighted by molar-refractivity contribution is -0.00898. The van der Waals surface area contributed by atoms with Gasteiger partial charge in [0, 0.05) is 0 Å². The molecule has 0 radical (unpaired) electrons. The Morgan fingerprint density at radius 2 is 1.92 bits per heavy atom. The molecule has 0 heterocycles. The third-order valence-corrected chi connectivity index (χ3v) is 3.90. The first-order chi connectivity index (χ1) is 5.91. The van der Waals surface area contributed by atoms with Crippen LogP contribution in [0.4, 0.5) is 0 Å². The van der Waals surface area contributed by atoms with Crippen LogP contribution in [0.25, 0.3) is 0 Å². The number of hydrogen-bond donors (Lipinski definition) is 1. The molecule has 0 aromatic rings. The van der Waals surface area contributed by atoms with E-state index in [1.54, 1.807) is 0 Å². The van der Waals surface area contributed by atoms with Gasteiger partial charge >= 0.3 is 0 Å². The van der Waals surface area contributed by atoms with Crippen molar-refractivity contribution in [2.75, 3.05) is 0 Å². The van der Waals surface area contributed by atoms with E-state index in [1.165, 1.54) is 19.3 Å². The monoisotopic (exact) mass is 182 g/mol. The minimum absolute atomic E-state index is 0.329. The van der Waals surface area contributed by atoms with Crippen molar-refractivity contribution in [3.05, 3.63) is 0 Å². The molecular weight excluding hydrogens is 160 g/mol. The van der Waals surface area contributed by atoms with Crippen molar-refractivity contribution in [3.63, 3.8) is 0 Å². The summed E-state index contributed by atoms with van der Waals surface area (Å²) in [7, 11) is 0. The molecule has 13 heavy (non-hydrogen) atoms. The second kappa shape index (κ2) is 2.73. The second-order valence-corrected chi connectivity index (χ2v) is 6.20. The Kier molecular flexibility index (Phi) is 1.99. The molecule has 1 heteroatoms. The summed E-state index contributed by atoms with van der Waals surface area (Å²) in [4.78, 5) is 0. The van der Waals surface area contributed by atoms with Crippen molar-refractivity contribution in [3.8, 4) is 0 Å². The number of hydrogen-bond acceptors (Lipinski definition) is 1. The summed E-state index contributed by atoms with van der Waals surface area (Å²) in [5.41, 5.74) is 0.0354. The summed E-state index contributed by atoms with van der Waals surface area (Å²) >= 11 is 0. The average Bonchev–Trinajstić information content (AvgIpc) is 2.64. The Morgan fingerprint density at radius 3 is 2.31 bits per heavy atom. The Balaban J connectivity index is 2.04. The van der Waals surface area contributed by atoms with E-state index in [9.17, 15) is 5.11 Å². The van der Waals surface area contributed by atoms with Crippen LogP contribution in [0.3, 0.4) is 0 Å². The Bertz CT molecular complexity index is 205. The molecule has 2 aliphatic carbocycles.